The topological polar surface area (TPSA) is 131 Å². The Kier molecular flexibility index (Phi) is 6.93. The standard InChI is InChI=1S/C18H21N3O6/c1-27-14-8-5-4-7-12(14)21-15(23)11-13(22)17(20-21)18(26)19-10-6-2-3-9-16(24)25/h4-5,7-8,11,22H,2-3,6,9-10H2,1H3,(H,19,26)(H,24,25). The number of nitrogens with one attached hydrogen (secondary N) is 1. The van der Waals surface area contributed by atoms with Crippen molar-refractivity contribution in [1.82, 2.24) is 15.1 Å². The van der Waals surface area contributed by atoms with Gasteiger partial charge in [-0.1, -0.05) is 18.6 Å². The van der Waals surface area contributed by atoms with E-state index in [0.717, 1.165) is 10.7 Å². The van der Waals surface area contributed by atoms with Crippen LogP contribution in [0.15, 0.2) is 35.1 Å². The lowest BCUT2D eigenvalue weighted by Crippen LogP contribution is -2.30. The molecule has 27 heavy (non-hydrogen) atoms. The third-order valence-electron chi connectivity index (χ3n) is 3.79. The minimum Gasteiger partial charge on any atom is -0.505 e. The number of aromatic hydroxyl groups is 1. The predicted molar refractivity (Wildman–Crippen MR) is 96.5 cm³/mol. The first-order valence-electron chi connectivity index (χ1n) is 8.40. The number of para-hydroxylation sites is 2. The predicted octanol–water partition coefficient (Wildman–Crippen LogP) is 1.32. The Morgan fingerprint density at radius 2 is 1.96 bits per heavy atom. The summed E-state index contributed by atoms with van der Waals surface area (Å²) < 4.78 is 6.19. The third kappa shape index (κ3) is 5.30. The molecule has 0 atom stereocenters. The van der Waals surface area contributed by atoms with Crippen LogP contribution in [0.5, 0.6) is 11.5 Å². The minimum absolute atomic E-state index is 0.0835. The maximum atomic E-state index is 12.3. The van der Waals surface area contributed by atoms with Crippen LogP contribution in [0.25, 0.3) is 5.69 Å². The van der Waals surface area contributed by atoms with Crippen LogP contribution >= 0.6 is 0 Å². The summed E-state index contributed by atoms with van der Waals surface area (Å²) in [7, 11) is 1.45. The highest BCUT2D eigenvalue weighted by Crippen LogP contribution is 2.21. The lowest BCUT2D eigenvalue weighted by molar-refractivity contribution is -0.137. The van der Waals surface area contributed by atoms with Gasteiger partial charge >= 0.3 is 5.97 Å². The lowest BCUT2D eigenvalue weighted by atomic mass is 10.2. The third-order valence-corrected chi connectivity index (χ3v) is 3.79. The first-order chi connectivity index (χ1) is 12.9. The van der Waals surface area contributed by atoms with E-state index in [-0.39, 0.29) is 12.1 Å². The molecule has 1 aromatic heterocycles. The van der Waals surface area contributed by atoms with Crippen LogP contribution in [0.3, 0.4) is 0 Å². The molecular weight excluding hydrogens is 354 g/mol. The fourth-order valence-corrected chi connectivity index (χ4v) is 2.45. The molecule has 1 aromatic carbocycles. The van der Waals surface area contributed by atoms with Crippen LogP contribution in [-0.4, -0.2) is 45.5 Å². The van der Waals surface area contributed by atoms with Crippen molar-refractivity contribution < 1.29 is 24.5 Å². The van der Waals surface area contributed by atoms with Gasteiger partial charge in [0.05, 0.1) is 7.11 Å². The zero-order valence-corrected chi connectivity index (χ0v) is 14.8. The average molecular weight is 375 g/mol. The smallest absolute Gasteiger partial charge is 0.303 e. The molecule has 0 fully saturated rings. The summed E-state index contributed by atoms with van der Waals surface area (Å²) in [4.78, 5) is 34.9. The fourth-order valence-electron chi connectivity index (χ4n) is 2.45. The van der Waals surface area contributed by atoms with Gasteiger partial charge in [0.15, 0.2) is 11.4 Å². The van der Waals surface area contributed by atoms with E-state index in [4.69, 9.17) is 9.84 Å². The molecule has 0 radical (unpaired) electrons. The fraction of sp³-hybridized carbons (Fsp3) is 0.333. The second-order valence-corrected chi connectivity index (χ2v) is 5.76. The summed E-state index contributed by atoms with van der Waals surface area (Å²) in [5.41, 5.74) is -0.555. The number of aliphatic carboxylic acids is 1. The van der Waals surface area contributed by atoms with Crippen LogP contribution in [0.2, 0.25) is 0 Å². The summed E-state index contributed by atoms with van der Waals surface area (Å²) in [6.07, 6.45) is 1.84. The van der Waals surface area contributed by atoms with E-state index < -0.39 is 23.2 Å². The van der Waals surface area contributed by atoms with Gasteiger partial charge in [-0.3, -0.25) is 14.4 Å². The van der Waals surface area contributed by atoms with Gasteiger partial charge in [0, 0.05) is 19.0 Å². The summed E-state index contributed by atoms with van der Waals surface area (Å²) in [6, 6.07) is 7.59. The maximum Gasteiger partial charge on any atom is 0.303 e. The second kappa shape index (κ2) is 9.37. The average Bonchev–Trinajstić information content (AvgIpc) is 2.64. The SMILES string of the molecule is COc1ccccc1-n1nc(C(=O)NCCCCCC(=O)O)c(O)cc1=O. The Morgan fingerprint density at radius 3 is 2.67 bits per heavy atom. The van der Waals surface area contributed by atoms with E-state index in [9.17, 15) is 19.5 Å². The highest BCUT2D eigenvalue weighted by atomic mass is 16.5. The van der Waals surface area contributed by atoms with Crippen molar-refractivity contribution in [1.29, 1.82) is 0 Å². The molecule has 0 aliphatic carbocycles. The summed E-state index contributed by atoms with van der Waals surface area (Å²) in [5, 5.41) is 25.1. The minimum atomic E-state index is -0.855. The van der Waals surface area contributed by atoms with Gasteiger partial charge in [0.25, 0.3) is 11.5 Å². The summed E-state index contributed by atoms with van der Waals surface area (Å²) in [6.45, 7) is 0.299. The van der Waals surface area contributed by atoms with E-state index in [0.29, 0.717) is 37.2 Å². The van der Waals surface area contributed by atoms with Crippen molar-refractivity contribution >= 4 is 11.9 Å². The lowest BCUT2D eigenvalue weighted by Gasteiger charge is -2.12. The van der Waals surface area contributed by atoms with Crippen LogP contribution in [0.1, 0.15) is 36.2 Å². The quantitative estimate of drug-likeness (QED) is 0.563. The first kappa shape index (κ1) is 20.0. The normalized spacial score (nSPS) is 10.4. The van der Waals surface area contributed by atoms with Gasteiger partial charge in [0.1, 0.15) is 11.4 Å². The number of carboxylic acid groups (broad SMARTS) is 1. The number of carbonyl (C=O) groups is 2. The van der Waals surface area contributed by atoms with Crippen molar-refractivity contribution in [3.8, 4) is 17.2 Å². The van der Waals surface area contributed by atoms with Crippen molar-refractivity contribution in [2.24, 2.45) is 0 Å². The molecule has 9 heteroatoms. The summed E-state index contributed by atoms with van der Waals surface area (Å²) in [5.74, 6) is -1.61. The molecular formula is C18H21N3O6. The molecule has 0 bridgehead atoms. The molecule has 9 nitrogen and oxygen atoms in total. The number of nitrogens with zero attached hydrogens (tertiary/aromatic N) is 2. The van der Waals surface area contributed by atoms with Gasteiger partial charge in [-0.15, -0.1) is 0 Å². The van der Waals surface area contributed by atoms with E-state index in [2.05, 4.69) is 10.4 Å². The Hall–Kier alpha value is -3.36. The number of unbranched alkanes of at least 4 members (excludes halogenated alkanes) is 2. The number of carboxylic acids is 1. The number of hydrogen-bond donors (Lipinski definition) is 3. The highest BCUT2D eigenvalue weighted by Gasteiger charge is 2.17. The molecule has 0 aliphatic heterocycles. The Balaban J connectivity index is 2.12. The van der Waals surface area contributed by atoms with Crippen LogP contribution in [0.4, 0.5) is 0 Å². The Morgan fingerprint density at radius 1 is 1.22 bits per heavy atom. The van der Waals surface area contributed by atoms with Gasteiger partial charge in [0.2, 0.25) is 0 Å². The number of ether oxygens (including phenoxy) is 1. The van der Waals surface area contributed by atoms with E-state index in [1.807, 2.05) is 0 Å². The number of rotatable bonds is 9. The second-order valence-electron chi connectivity index (χ2n) is 5.76. The number of methoxy groups -OCH3 is 1. The van der Waals surface area contributed by atoms with Crippen LogP contribution < -0.4 is 15.6 Å². The van der Waals surface area contributed by atoms with E-state index >= 15 is 0 Å². The van der Waals surface area contributed by atoms with Crippen molar-refractivity contribution in [3.63, 3.8) is 0 Å². The number of aromatic nitrogens is 2. The number of carbonyl (C=O) groups excluding carboxylic acids is 1. The summed E-state index contributed by atoms with van der Waals surface area (Å²) >= 11 is 0. The molecule has 0 saturated heterocycles. The monoisotopic (exact) mass is 375 g/mol. The van der Waals surface area contributed by atoms with Crippen LogP contribution in [0, 0.1) is 0 Å². The molecule has 2 aromatic rings. The molecule has 3 N–H and O–H groups in total. The first-order valence-corrected chi connectivity index (χ1v) is 8.40. The zero-order chi connectivity index (χ0) is 19.8. The molecule has 2 rings (SSSR count). The number of amides is 1. The zero-order valence-electron chi connectivity index (χ0n) is 14.8. The van der Waals surface area contributed by atoms with Gasteiger partial charge in [-0.05, 0) is 25.0 Å². The van der Waals surface area contributed by atoms with Crippen molar-refractivity contribution in [2.75, 3.05) is 13.7 Å². The molecule has 0 saturated carbocycles. The molecule has 0 unspecified atom stereocenters. The maximum absolute atomic E-state index is 12.3. The Labute approximate surface area is 155 Å². The highest BCUT2D eigenvalue weighted by molar-refractivity contribution is 5.94. The van der Waals surface area contributed by atoms with Gasteiger partial charge in [-0.2, -0.15) is 9.78 Å². The van der Waals surface area contributed by atoms with E-state index in [1.54, 1.807) is 24.3 Å². The number of benzene rings is 1. The molecule has 144 valence electrons. The molecule has 1 heterocycles. The van der Waals surface area contributed by atoms with E-state index in [1.165, 1.54) is 7.11 Å². The van der Waals surface area contributed by atoms with Crippen molar-refractivity contribution in [2.45, 2.75) is 25.7 Å². The molecule has 0 spiro atoms. The largest absolute Gasteiger partial charge is 0.505 e. The molecule has 0 aliphatic rings. The van der Waals surface area contributed by atoms with Gasteiger partial charge < -0.3 is 20.3 Å². The van der Waals surface area contributed by atoms with Crippen LogP contribution in [-0.2, 0) is 4.79 Å². The van der Waals surface area contributed by atoms with Crippen molar-refractivity contribution in [3.05, 3.63) is 46.4 Å². The Bertz CT molecular complexity index is 878. The van der Waals surface area contributed by atoms with Gasteiger partial charge in [-0.25, -0.2) is 0 Å². The number of hydrogen-bond acceptors (Lipinski definition) is 6. The molecule has 1 amide bonds.